The zero-order chi connectivity index (χ0) is 16.9. The van der Waals surface area contributed by atoms with E-state index in [1.165, 1.54) is 26.2 Å². The SMILES string of the molecule is CCCC(CNC(=O)c1ccc(S(=O)(=O)N(C)C)o1)C(=O)O. The van der Waals surface area contributed by atoms with E-state index >= 15 is 0 Å². The molecule has 2 N–H and O–H groups in total. The zero-order valence-electron chi connectivity index (χ0n) is 12.7. The summed E-state index contributed by atoms with van der Waals surface area (Å²) in [5.41, 5.74) is 0. The number of hydrogen-bond donors (Lipinski definition) is 2. The molecular formula is C13H20N2O6S. The highest BCUT2D eigenvalue weighted by molar-refractivity contribution is 7.88. The molecule has 1 aromatic rings. The largest absolute Gasteiger partial charge is 0.481 e. The second-order valence-corrected chi connectivity index (χ2v) is 7.02. The van der Waals surface area contributed by atoms with Gasteiger partial charge in [-0.25, -0.2) is 12.7 Å². The fraction of sp³-hybridized carbons (Fsp3) is 0.538. The monoisotopic (exact) mass is 332 g/mol. The molecule has 1 atom stereocenters. The lowest BCUT2D eigenvalue weighted by Gasteiger charge is -2.11. The normalized spacial score (nSPS) is 13.1. The van der Waals surface area contributed by atoms with Gasteiger partial charge in [0.2, 0.25) is 5.09 Å². The van der Waals surface area contributed by atoms with Crippen LogP contribution in [-0.2, 0) is 14.8 Å². The number of carboxylic acids is 1. The third kappa shape index (κ3) is 4.31. The van der Waals surface area contributed by atoms with Crippen LogP contribution in [0.1, 0.15) is 30.3 Å². The van der Waals surface area contributed by atoms with Gasteiger partial charge in [0.15, 0.2) is 5.76 Å². The summed E-state index contributed by atoms with van der Waals surface area (Å²) in [6, 6.07) is 2.42. The van der Waals surface area contributed by atoms with Crippen LogP contribution in [0.3, 0.4) is 0 Å². The topological polar surface area (TPSA) is 117 Å². The molecule has 0 aliphatic carbocycles. The molecular weight excluding hydrogens is 312 g/mol. The third-order valence-electron chi connectivity index (χ3n) is 3.04. The van der Waals surface area contributed by atoms with Crippen molar-refractivity contribution in [2.75, 3.05) is 20.6 Å². The molecule has 0 saturated heterocycles. The molecule has 0 fully saturated rings. The fourth-order valence-electron chi connectivity index (χ4n) is 1.73. The maximum atomic E-state index is 11.9. The Bertz CT molecular complexity index is 635. The van der Waals surface area contributed by atoms with Crippen molar-refractivity contribution in [3.05, 3.63) is 17.9 Å². The molecule has 1 aromatic heterocycles. The lowest BCUT2D eigenvalue weighted by atomic mass is 10.0. The number of hydrogen-bond acceptors (Lipinski definition) is 5. The van der Waals surface area contributed by atoms with E-state index in [1.54, 1.807) is 0 Å². The molecule has 0 radical (unpaired) electrons. The van der Waals surface area contributed by atoms with E-state index in [4.69, 9.17) is 9.52 Å². The van der Waals surface area contributed by atoms with Gasteiger partial charge in [-0.3, -0.25) is 9.59 Å². The second kappa shape index (κ2) is 7.41. The van der Waals surface area contributed by atoms with Crippen molar-refractivity contribution >= 4 is 21.9 Å². The number of nitrogens with one attached hydrogen (secondary N) is 1. The number of carbonyl (C=O) groups excluding carboxylic acids is 1. The van der Waals surface area contributed by atoms with Gasteiger partial charge in [-0.15, -0.1) is 0 Å². The first-order valence-corrected chi connectivity index (χ1v) is 8.17. The van der Waals surface area contributed by atoms with E-state index in [9.17, 15) is 18.0 Å². The Morgan fingerprint density at radius 3 is 2.50 bits per heavy atom. The summed E-state index contributed by atoms with van der Waals surface area (Å²) in [4.78, 5) is 22.9. The van der Waals surface area contributed by atoms with Crippen molar-refractivity contribution in [1.29, 1.82) is 0 Å². The summed E-state index contributed by atoms with van der Waals surface area (Å²) in [6.07, 6.45) is 1.12. The summed E-state index contributed by atoms with van der Waals surface area (Å²) in [5.74, 6) is -2.50. The summed E-state index contributed by atoms with van der Waals surface area (Å²) in [7, 11) is -1.06. The van der Waals surface area contributed by atoms with Crippen LogP contribution in [-0.4, -0.2) is 50.3 Å². The molecule has 8 nitrogen and oxygen atoms in total. The Morgan fingerprint density at radius 2 is 2.00 bits per heavy atom. The van der Waals surface area contributed by atoms with E-state index in [0.717, 1.165) is 4.31 Å². The Kier molecular flexibility index (Phi) is 6.12. The Labute approximate surface area is 129 Å². The highest BCUT2D eigenvalue weighted by Gasteiger charge is 2.24. The summed E-state index contributed by atoms with van der Waals surface area (Å²) in [6.45, 7) is 1.81. The number of aliphatic carboxylic acids is 1. The maximum absolute atomic E-state index is 11.9. The first-order valence-electron chi connectivity index (χ1n) is 6.73. The highest BCUT2D eigenvalue weighted by atomic mass is 32.2. The Balaban J connectivity index is 2.76. The number of furan rings is 1. The van der Waals surface area contributed by atoms with Crippen LogP contribution < -0.4 is 5.32 Å². The van der Waals surface area contributed by atoms with E-state index in [-0.39, 0.29) is 17.4 Å². The van der Waals surface area contributed by atoms with Crippen LogP contribution in [0.25, 0.3) is 0 Å². The van der Waals surface area contributed by atoms with Crippen LogP contribution in [0.4, 0.5) is 0 Å². The van der Waals surface area contributed by atoms with Gasteiger partial charge in [-0.05, 0) is 18.6 Å². The molecule has 1 unspecified atom stereocenters. The zero-order valence-corrected chi connectivity index (χ0v) is 13.5. The van der Waals surface area contributed by atoms with Gasteiger partial charge >= 0.3 is 5.97 Å². The van der Waals surface area contributed by atoms with Gasteiger partial charge in [0.1, 0.15) is 0 Å². The van der Waals surface area contributed by atoms with E-state index in [0.29, 0.717) is 12.8 Å². The van der Waals surface area contributed by atoms with Crippen LogP contribution in [0, 0.1) is 5.92 Å². The van der Waals surface area contributed by atoms with Crippen molar-refractivity contribution in [2.45, 2.75) is 24.9 Å². The fourth-order valence-corrected chi connectivity index (χ4v) is 2.52. The van der Waals surface area contributed by atoms with E-state index in [1.807, 2.05) is 6.92 Å². The number of amides is 1. The predicted octanol–water partition coefficient (Wildman–Crippen LogP) is 0.761. The Hall–Kier alpha value is -1.87. The molecule has 124 valence electrons. The molecule has 0 spiro atoms. The average molecular weight is 332 g/mol. The number of sulfonamides is 1. The number of carboxylic acid groups (broad SMARTS) is 1. The second-order valence-electron chi connectivity index (χ2n) is 4.94. The van der Waals surface area contributed by atoms with Crippen molar-refractivity contribution < 1.29 is 27.5 Å². The van der Waals surface area contributed by atoms with Crippen LogP contribution in [0.2, 0.25) is 0 Å². The maximum Gasteiger partial charge on any atom is 0.308 e. The molecule has 0 aliphatic heterocycles. The van der Waals surface area contributed by atoms with Gasteiger partial charge in [-0.2, -0.15) is 0 Å². The summed E-state index contributed by atoms with van der Waals surface area (Å²) < 4.78 is 29.7. The number of nitrogens with zero attached hydrogens (tertiary/aromatic N) is 1. The number of carbonyl (C=O) groups is 2. The third-order valence-corrected chi connectivity index (χ3v) is 4.72. The minimum absolute atomic E-state index is 0.0432. The molecule has 0 saturated carbocycles. The van der Waals surface area contributed by atoms with Gasteiger partial charge in [0.25, 0.3) is 15.9 Å². The average Bonchev–Trinajstić information content (AvgIpc) is 2.93. The molecule has 22 heavy (non-hydrogen) atoms. The molecule has 0 aliphatic rings. The van der Waals surface area contributed by atoms with Crippen molar-refractivity contribution in [3.8, 4) is 0 Å². The first-order chi connectivity index (χ1) is 10.2. The smallest absolute Gasteiger partial charge is 0.308 e. The molecule has 1 rings (SSSR count). The van der Waals surface area contributed by atoms with Crippen molar-refractivity contribution in [1.82, 2.24) is 9.62 Å². The van der Waals surface area contributed by atoms with Crippen molar-refractivity contribution in [3.63, 3.8) is 0 Å². The quantitative estimate of drug-likeness (QED) is 0.726. The molecule has 0 aromatic carbocycles. The highest BCUT2D eigenvalue weighted by Crippen LogP contribution is 2.17. The summed E-state index contributed by atoms with van der Waals surface area (Å²) >= 11 is 0. The first kappa shape index (κ1) is 18.2. The van der Waals surface area contributed by atoms with Crippen LogP contribution >= 0.6 is 0 Å². The lowest BCUT2D eigenvalue weighted by Crippen LogP contribution is -2.32. The van der Waals surface area contributed by atoms with Gasteiger partial charge < -0.3 is 14.8 Å². The molecule has 1 amide bonds. The minimum atomic E-state index is -3.75. The molecule has 1 heterocycles. The van der Waals surface area contributed by atoms with Crippen LogP contribution in [0.15, 0.2) is 21.6 Å². The lowest BCUT2D eigenvalue weighted by molar-refractivity contribution is -0.141. The minimum Gasteiger partial charge on any atom is -0.481 e. The standard InChI is InChI=1S/C13H20N2O6S/c1-4-5-9(13(17)18)8-14-12(16)10-6-7-11(21-10)22(19,20)15(2)3/h6-7,9H,4-5,8H2,1-3H3,(H,14,16)(H,17,18). The Morgan fingerprint density at radius 1 is 1.36 bits per heavy atom. The number of rotatable bonds is 8. The van der Waals surface area contributed by atoms with E-state index < -0.39 is 27.8 Å². The van der Waals surface area contributed by atoms with Gasteiger partial charge in [0, 0.05) is 20.6 Å². The predicted molar refractivity (Wildman–Crippen MR) is 77.9 cm³/mol. The molecule has 9 heteroatoms. The van der Waals surface area contributed by atoms with Crippen LogP contribution in [0.5, 0.6) is 0 Å². The van der Waals surface area contributed by atoms with Crippen molar-refractivity contribution in [2.24, 2.45) is 5.92 Å². The summed E-state index contributed by atoms with van der Waals surface area (Å²) in [5, 5.41) is 11.1. The van der Waals surface area contributed by atoms with Gasteiger partial charge in [0.05, 0.1) is 5.92 Å². The molecule has 0 bridgehead atoms. The van der Waals surface area contributed by atoms with E-state index in [2.05, 4.69) is 5.32 Å². The van der Waals surface area contributed by atoms with Gasteiger partial charge in [-0.1, -0.05) is 13.3 Å².